The lowest BCUT2D eigenvalue weighted by molar-refractivity contribution is 0.0435. The van der Waals surface area contributed by atoms with Gasteiger partial charge in [0.25, 0.3) is 0 Å². The Labute approximate surface area is 199 Å². The van der Waals surface area contributed by atoms with Crippen LogP contribution in [-0.2, 0) is 4.74 Å². The molecule has 1 heterocycles. The van der Waals surface area contributed by atoms with E-state index < -0.39 is 11.6 Å². The zero-order chi connectivity index (χ0) is 24.1. The molecule has 0 bridgehead atoms. The largest absolute Gasteiger partial charge is 0.461 e. The summed E-state index contributed by atoms with van der Waals surface area (Å²) in [6.45, 7) is 12.1. The number of hydrogen-bond acceptors (Lipinski definition) is 5. The second-order valence-corrected chi connectivity index (χ2v) is 9.21. The van der Waals surface area contributed by atoms with Crippen molar-refractivity contribution in [2.24, 2.45) is 11.8 Å². The van der Waals surface area contributed by atoms with Crippen LogP contribution in [0.1, 0.15) is 89.4 Å². The van der Waals surface area contributed by atoms with Crippen LogP contribution in [-0.4, -0.2) is 37.1 Å². The molecular weight excluding hydrogens is 414 g/mol. The van der Waals surface area contributed by atoms with Gasteiger partial charge in [-0.05, 0) is 36.8 Å². The first-order valence-electron chi connectivity index (χ1n) is 12.9. The molecule has 2 rings (SSSR count). The van der Waals surface area contributed by atoms with E-state index in [9.17, 15) is 9.59 Å². The van der Waals surface area contributed by atoms with Gasteiger partial charge in [0, 0.05) is 25.0 Å². The van der Waals surface area contributed by atoms with Gasteiger partial charge in [0.05, 0.1) is 0 Å². The standard InChI is InChI=1S/C28H43NO4/c1-5-9-13-22(7-3)20-29(21-23(8-4)14-10-6-2)17-18-32-27(30)25-19-24-15-11-12-16-26(24)33-28(25)31/h11-12,15-16,19,22-23H,5-10,13-14,17-18,20-21H2,1-4H3/t22-,23-/m0/s1. The lowest BCUT2D eigenvalue weighted by atomic mass is 9.96. The smallest absolute Gasteiger partial charge is 0.351 e. The Balaban J connectivity index is 2.01. The van der Waals surface area contributed by atoms with Gasteiger partial charge < -0.3 is 9.15 Å². The molecule has 0 N–H and O–H groups in total. The summed E-state index contributed by atoms with van der Waals surface area (Å²) in [5.41, 5.74) is -0.212. The third-order valence-electron chi connectivity index (χ3n) is 6.62. The molecule has 0 aliphatic carbocycles. The highest BCUT2D eigenvalue weighted by Crippen LogP contribution is 2.19. The fraction of sp³-hybridized carbons (Fsp3) is 0.643. The zero-order valence-corrected chi connectivity index (χ0v) is 21.1. The number of unbranched alkanes of at least 4 members (excludes halogenated alkanes) is 2. The maximum atomic E-state index is 12.6. The second-order valence-electron chi connectivity index (χ2n) is 9.21. The normalized spacial score (nSPS) is 13.4. The van der Waals surface area contributed by atoms with Crippen molar-refractivity contribution < 1.29 is 13.9 Å². The number of rotatable bonds is 16. The maximum absolute atomic E-state index is 12.6. The minimum absolute atomic E-state index is 0.0380. The minimum Gasteiger partial charge on any atom is -0.461 e. The molecule has 2 atom stereocenters. The summed E-state index contributed by atoms with van der Waals surface area (Å²) in [4.78, 5) is 27.4. The molecule has 1 aromatic heterocycles. The Morgan fingerprint density at radius 2 is 1.58 bits per heavy atom. The van der Waals surface area contributed by atoms with Crippen molar-refractivity contribution in [3.63, 3.8) is 0 Å². The van der Waals surface area contributed by atoms with Crippen LogP contribution in [0, 0.1) is 11.8 Å². The van der Waals surface area contributed by atoms with Crippen LogP contribution < -0.4 is 5.63 Å². The monoisotopic (exact) mass is 457 g/mol. The van der Waals surface area contributed by atoms with Crippen molar-refractivity contribution in [1.29, 1.82) is 0 Å². The maximum Gasteiger partial charge on any atom is 0.351 e. The Bertz CT molecular complexity index is 873. The van der Waals surface area contributed by atoms with Gasteiger partial charge in [0.2, 0.25) is 0 Å². The lowest BCUT2D eigenvalue weighted by Gasteiger charge is -2.30. The number of carbonyl (C=O) groups is 1. The number of para-hydroxylation sites is 1. The predicted molar refractivity (Wildman–Crippen MR) is 136 cm³/mol. The molecule has 0 aliphatic rings. The highest BCUT2D eigenvalue weighted by atomic mass is 16.5. The van der Waals surface area contributed by atoms with Gasteiger partial charge in [0.1, 0.15) is 17.8 Å². The SMILES string of the molecule is CCCC[C@H](CC)CN(CCOC(=O)c1cc2ccccc2oc1=O)C[C@@H](CC)CCCC. The number of benzene rings is 1. The highest BCUT2D eigenvalue weighted by molar-refractivity contribution is 5.92. The van der Waals surface area contributed by atoms with E-state index in [2.05, 4.69) is 32.6 Å². The molecule has 0 aliphatic heterocycles. The van der Waals surface area contributed by atoms with Crippen molar-refractivity contribution in [2.45, 2.75) is 79.1 Å². The third-order valence-corrected chi connectivity index (χ3v) is 6.62. The Hall–Kier alpha value is -2.14. The Morgan fingerprint density at radius 3 is 2.15 bits per heavy atom. The highest BCUT2D eigenvalue weighted by Gasteiger charge is 2.19. The van der Waals surface area contributed by atoms with E-state index in [-0.39, 0.29) is 12.2 Å². The molecule has 5 nitrogen and oxygen atoms in total. The van der Waals surface area contributed by atoms with Crippen LogP contribution >= 0.6 is 0 Å². The quantitative estimate of drug-likeness (QED) is 0.208. The van der Waals surface area contributed by atoms with E-state index in [0.29, 0.717) is 29.3 Å². The molecule has 5 heteroatoms. The molecule has 184 valence electrons. The molecule has 0 saturated carbocycles. The fourth-order valence-corrected chi connectivity index (χ4v) is 4.37. The summed E-state index contributed by atoms with van der Waals surface area (Å²) in [6.07, 6.45) is 9.77. The van der Waals surface area contributed by atoms with E-state index in [1.807, 2.05) is 12.1 Å². The van der Waals surface area contributed by atoms with Crippen molar-refractivity contribution >= 4 is 16.9 Å². The van der Waals surface area contributed by atoms with Crippen LogP contribution in [0.5, 0.6) is 0 Å². The molecule has 0 amide bonds. The van der Waals surface area contributed by atoms with E-state index in [1.54, 1.807) is 18.2 Å². The molecular formula is C28H43NO4. The molecule has 1 aromatic carbocycles. The lowest BCUT2D eigenvalue weighted by Crippen LogP contribution is -2.37. The Morgan fingerprint density at radius 1 is 0.970 bits per heavy atom. The first-order chi connectivity index (χ1) is 16.0. The van der Waals surface area contributed by atoms with Crippen molar-refractivity contribution in [1.82, 2.24) is 4.90 Å². The molecule has 0 saturated heterocycles. The minimum atomic E-state index is -0.646. The first-order valence-corrected chi connectivity index (χ1v) is 12.9. The average molecular weight is 458 g/mol. The first kappa shape index (κ1) is 27.1. The second kappa shape index (κ2) is 14.9. The van der Waals surface area contributed by atoms with E-state index in [1.165, 1.54) is 51.4 Å². The van der Waals surface area contributed by atoms with Crippen LogP contribution in [0.25, 0.3) is 11.0 Å². The van der Waals surface area contributed by atoms with Gasteiger partial charge in [-0.2, -0.15) is 0 Å². The summed E-state index contributed by atoms with van der Waals surface area (Å²) in [6, 6.07) is 8.75. The number of carbonyl (C=O) groups excluding carboxylic acids is 1. The molecule has 0 unspecified atom stereocenters. The number of ether oxygens (including phenoxy) is 1. The molecule has 0 fully saturated rings. The van der Waals surface area contributed by atoms with Gasteiger partial charge in [0.15, 0.2) is 0 Å². The van der Waals surface area contributed by atoms with Crippen LogP contribution in [0.3, 0.4) is 0 Å². The predicted octanol–water partition coefficient (Wildman–Crippen LogP) is 6.68. The van der Waals surface area contributed by atoms with E-state index in [4.69, 9.17) is 9.15 Å². The average Bonchev–Trinajstić information content (AvgIpc) is 2.83. The van der Waals surface area contributed by atoms with Crippen molar-refractivity contribution in [2.75, 3.05) is 26.2 Å². The number of hydrogen-bond donors (Lipinski definition) is 0. The molecule has 0 radical (unpaired) electrons. The topological polar surface area (TPSA) is 59.8 Å². The third kappa shape index (κ3) is 8.96. The van der Waals surface area contributed by atoms with Crippen LogP contribution in [0.4, 0.5) is 0 Å². The van der Waals surface area contributed by atoms with Crippen molar-refractivity contribution in [3.05, 3.63) is 46.3 Å². The molecule has 0 spiro atoms. The van der Waals surface area contributed by atoms with Crippen LogP contribution in [0.15, 0.2) is 39.5 Å². The Kier molecular flexibility index (Phi) is 12.2. The van der Waals surface area contributed by atoms with Gasteiger partial charge in [-0.3, -0.25) is 4.90 Å². The van der Waals surface area contributed by atoms with Crippen LogP contribution in [0.2, 0.25) is 0 Å². The zero-order valence-electron chi connectivity index (χ0n) is 21.1. The van der Waals surface area contributed by atoms with Gasteiger partial charge in [-0.1, -0.05) is 84.4 Å². The summed E-state index contributed by atoms with van der Waals surface area (Å²) in [5, 5.41) is 0.717. The van der Waals surface area contributed by atoms with Gasteiger partial charge in [-0.15, -0.1) is 0 Å². The fourth-order valence-electron chi connectivity index (χ4n) is 4.37. The van der Waals surface area contributed by atoms with E-state index in [0.717, 1.165) is 13.1 Å². The summed E-state index contributed by atoms with van der Waals surface area (Å²) < 4.78 is 10.8. The van der Waals surface area contributed by atoms with Gasteiger partial charge in [-0.25, -0.2) is 9.59 Å². The number of fused-ring (bicyclic) bond motifs is 1. The number of esters is 1. The van der Waals surface area contributed by atoms with Gasteiger partial charge >= 0.3 is 11.6 Å². The summed E-state index contributed by atoms with van der Waals surface area (Å²) in [7, 11) is 0. The number of nitrogens with zero attached hydrogens (tertiary/aromatic N) is 1. The van der Waals surface area contributed by atoms with Crippen molar-refractivity contribution in [3.8, 4) is 0 Å². The summed E-state index contributed by atoms with van der Waals surface area (Å²) in [5.74, 6) is 0.722. The summed E-state index contributed by atoms with van der Waals surface area (Å²) >= 11 is 0. The van der Waals surface area contributed by atoms with E-state index >= 15 is 0 Å². The molecule has 33 heavy (non-hydrogen) atoms. The molecule has 2 aromatic rings.